The lowest BCUT2D eigenvalue weighted by atomic mass is 10.2. The minimum atomic E-state index is -1.03. The van der Waals surface area contributed by atoms with Gasteiger partial charge in [-0.2, -0.15) is 0 Å². The van der Waals surface area contributed by atoms with Crippen molar-refractivity contribution >= 4 is 39.6 Å². The fourth-order valence-corrected chi connectivity index (χ4v) is 2.77. The van der Waals surface area contributed by atoms with E-state index in [1.165, 1.54) is 17.5 Å². The SMILES string of the molecule is O=Cc1c(F)ccc(OCc2nc3cc(Cl)cnc3s2)c1F. The van der Waals surface area contributed by atoms with Crippen molar-refractivity contribution in [1.29, 1.82) is 0 Å². The fraction of sp³-hybridized carbons (Fsp3) is 0.0714. The molecule has 0 aliphatic heterocycles. The molecule has 0 aliphatic rings. The molecule has 8 heteroatoms. The summed E-state index contributed by atoms with van der Waals surface area (Å²) in [5.74, 6) is -2.18. The molecule has 4 nitrogen and oxygen atoms in total. The summed E-state index contributed by atoms with van der Waals surface area (Å²) in [6, 6.07) is 3.76. The number of hydrogen-bond donors (Lipinski definition) is 0. The average Bonchev–Trinajstić information content (AvgIpc) is 2.89. The summed E-state index contributed by atoms with van der Waals surface area (Å²) in [6.07, 6.45) is 1.61. The summed E-state index contributed by atoms with van der Waals surface area (Å²) in [5.41, 5.74) is -0.0421. The average molecular weight is 341 g/mol. The maximum atomic E-state index is 13.9. The lowest BCUT2D eigenvalue weighted by Gasteiger charge is -2.07. The highest BCUT2D eigenvalue weighted by atomic mass is 35.5. The summed E-state index contributed by atoms with van der Waals surface area (Å²) < 4.78 is 32.3. The Labute approximate surface area is 132 Å². The van der Waals surface area contributed by atoms with Crippen LogP contribution < -0.4 is 4.74 Å². The number of halogens is 3. The predicted octanol–water partition coefficient (Wildman–Crippen LogP) is 4.01. The van der Waals surface area contributed by atoms with Crippen molar-refractivity contribution in [2.75, 3.05) is 0 Å². The third-order valence-corrected chi connectivity index (χ3v) is 3.98. The summed E-state index contributed by atoms with van der Waals surface area (Å²) >= 11 is 7.09. The molecule has 2 heterocycles. The molecule has 0 saturated heterocycles. The van der Waals surface area contributed by atoms with Gasteiger partial charge in [0.2, 0.25) is 0 Å². The van der Waals surface area contributed by atoms with E-state index in [0.29, 0.717) is 20.4 Å². The number of benzene rings is 1. The molecule has 0 N–H and O–H groups in total. The fourth-order valence-electron chi connectivity index (χ4n) is 1.81. The number of nitrogens with zero attached hydrogens (tertiary/aromatic N) is 2. The number of hydrogen-bond acceptors (Lipinski definition) is 5. The zero-order valence-corrected chi connectivity index (χ0v) is 12.4. The monoisotopic (exact) mass is 340 g/mol. The normalized spacial score (nSPS) is 10.9. The highest BCUT2D eigenvalue weighted by molar-refractivity contribution is 7.18. The molecule has 0 saturated carbocycles. The number of carbonyl (C=O) groups excluding carboxylic acids is 1. The maximum absolute atomic E-state index is 13.9. The summed E-state index contributed by atoms with van der Waals surface area (Å²) in [4.78, 5) is 19.7. The van der Waals surface area contributed by atoms with E-state index in [2.05, 4.69) is 9.97 Å². The van der Waals surface area contributed by atoms with Gasteiger partial charge in [-0.15, -0.1) is 0 Å². The summed E-state index contributed by atoms with van der Waals surface area (Å²) in [7, 11) is 0. The molecule has 2 aromatic heterocycles. The van der Waals surface area contributed by atoms with Gasteiger partial charge in [0.05, 0.1) is 10.6 Å². The number of rotatable bonds is 4. The minimum Gasteiger partial charge on any atom is -0.483 e. The second-order valence-electron chi connectivity index (χ2n) is 4.27. The number of fused-ring (bicyclic) bond motifs is 1. The van der Waals surface area contributed by atoms with E-state index in [4.69, 9.17) is 16.3 Å². The first-order valence-corrected chi connectivity index (χ1v) is 7.25. The molecular weight excluding hydrogens is 334 g/mol. The molecule has 0 amide bonds. The summed E-state index contributed by atoms with van der Waals surface area (Å²) in [6.45, 7) is -0.0283. The largest absolute Gasteiger partial charge is 0.483 e. The molecule has 22 heavy (non-hydrogen) atoms. The van der Waals surface area contributed by atoms with Crippen molar-refractivity contribution in [2.45, 2.75) is 6.61 Å². The van der Waals surface area contributed by atoms with Crippen LogP contribution in [0.3, 0.4) is 0 Å². The third kappa shape index (κ3) is 2.77. The van der Waals surface area contributed by atoms with Crippen molar-refractivity contribution in [2.24, 2.45) is 0 Å². The van der Waals surface area contributed by atoms with Gasteiger partial charge in [0.15, 0.2) is 17.9 Å². The van der Waals surface area contributed by atoms with Crippen LogP contribution >= 0.6 is 22.9 Å². The van der Waals surface area contributed by atoms with Gasteiger partial charge in [-0.1, -0.05) is 22.9 Å². The van der Waals surface area contributed by atoms with E-state index in [1.807, 2.05) is 0 Å². The van der Waals surface area contributed by atoms with Crippen LogP contribution in [-0.4, -0.2) is 16.3 Å². The number of aldehydes is 1. The highest BCUT2D eigenvalue weighted by Crippen LogP contribution is 2.26. The minimum absolute atomic E-state index is 0.0283. The zero-order valence-electron chi connectivity index (χ0n) is 10.8. The van der Waals surface area contributed by atoms with Gasteiger partial charge in [-0.3, -0.25) is 4.79 Å². The van der Waals surface area contributed by atoms with Gasteiger partial charge >= 0.3 is 0 Å². The lowest BCUT2D eigenvalue weighted by molar-refractivity contribution is 0.111. The molecule has 112 valence electrons. The van der Waals surface area contributed by atoms with E-state index in [9.17, 15) is 13.6 Å². The molecule has 0 bridgehead atoms. The van der Waals surface area contributed by atoms with Gasteiger partial charge in [0, 0.05) is 6.20 Å². The number of aromatic nitrogens is 2. The quantitative estimate of drug-likeness (QED) is 0.673. The van der Waals surface area contributed by atoms with E-state index in [1.54, 1.807) is 6.07 Å². The Bertz CT molecular complexity index is 869. The highest BCUT2D eigenvalue weighted by Gasteiger charge is 2.15. The Kier molecular flexibility index (Phi) is 4.00. The van der Waals surface area contributed by atoms with Crippen LogP contribution in [0.1, 0.15) is 15.4 Å². The van der Waals surface area contributed by atoms with Crippen LogP contribution in [0.5, 0.6) is 5.75 Å². The van der Waals surface area contributed by atoms with Crippen LogP contribution in [0.4, 0.5) is 8.78 Å². The van der Waals surface area contributed by atoms with Gasteiger partial charge in [0.25, 0.3) is 0 Å². The molecule has 0 atom stereocenters. The van der Waals surface area contributed by atoms with Crippen LogP contribution in [0.2, 0.25) is 5.02 Å². The first-order chi connectivity index (χ1) is 10.6. The smallest absolute Gasteiger partial charge is 0.178 e. The van der Waals surface area contributed by atoms with Gasteiger partial charge < -0.3 is 4.74 Å². The van der Waals surface area contributed by atoms with Crippen LogP contribution in [-0.2, 0) is 6.61 Å². The molecule has 0 fully saturated rings. The van der Waals surface area contributed by atoms with Crippen molar-refractivity contribution < 1.29 is 18.3 Å². The first kappa shape index (κ1) is 14.8. The second-order valence-corrected chi connectivity index (χ2v) is 5.76. The standard InChI is InChI=1S/C14H7ClF2N2O2S/c15-7-3-10-14(18-4-7)22-12(19-10)6-21-11-2-1-9(16)8(5-20)13(11)17/h1-5H,6H2. The topological polar surface area (TPSA) is 52.1 Å². The molecule has 3 rings (SSSR count). The molecule has 0 aliphatic carbocycles. The molecule has 0 spiro atoms. The predicted molar refractivity (Wildman–Crippen MR) is 78.5 cm³/mol. The number of ether oxygens (including phenoxy) is 1. The Morgan fingerprint density at radius 3 is 2.95 bits per heavy atom. The maximum Gasteiger partial charge on any atom is 0.178 e. The van der Waals surface area contributed by atoms with E-state index >= 15 is 0 Å². The number of carbonyl (C=O) groups is 1. The molecular formula is C14H7ClF2N2O2S. The van der Waals surface area contributed by atoms with Gasteiger partial charge in [0.1, 0.15) is 27.8 Å². The van der Waals surface area contributed by atoms with Crippen molar-refractivity contribution in [3.63, 3.8) is 0 Å². The van der Waals surface area contributed by atoms with Gasteiger partial charge in [-0.05, 0) is 18.2 Å². The van der Waals surface area contributed by atoms with Crippen LogP contribution in [0, 0.1) is 11.6 Å². The van der Waals surface area contributed by atoms with Crippen molar-refractivity contribution in [3.8, 4) is 5.75 Å². The Morgan fingerprint density at radius 1 is 1.36 bits per heavy atom. The van der Waals surface area contributed by atoms with Crippen molar-refractivity contribution in [3.05, 3.63) is 51.6 Å². The third-order valence-electron chi connectivity index (χ3n) is 2.82. The van der Waals surface area contributed by atoms with E-state index < -0.39 is 17.2 Å². The van der Waals surface area contributed by atoms with Crippen LogP contribution in [0.25, 0.3) is 10.3 Å². The second kappa shape index (κ2) is 5.94. The number of thiazole rings is 1. The summed E-state index contributed by atoms with van der Waals surface area (Å²) in [5, 5.41) is 1.02. The van der Waals surface area contributed by atoms with E-state index in [0.717, 1.165) is 12.1 Å². The van der Waals surface area contributed by atoms with E-state index in [-0.39, 0.29) is 18.6 Å². The van der Waals surface area contributed by atoms with Crippen molar-refractivity contribution in [1.82, 2.24) is 9.97 Å². The molecule has 0 radical (unpaired) electrons. The van der Waals surface area contributed by atoms with Crippen LogP contribution in [0.15, 0.2) is 24.4 Å². The Balaban J connectivity index is 1.83. The molecule has 3 aromatic rings. The number of pyridine rings is 1. The molecule has 0 unspecified atom stereocenters. The van der Waals surface area contributed by atoms with Gasteiger partial charge in [-0.25, -0.2) is 18.7 Å². The zero-order chi connectivity index (χ0) is 15.7. The Morgan fingerprint density at radius 2 is 2.18 bits per heavy atom. The first-order valence-electron chi connectivity index (χ1n) is 6.05. The lowest BCUT2D eigenvalue weighted by Crippen LogP contribution is -2.01. The molecule has 1 aromatic carbocycles. The Hall–Kier alpha value is -2.12.